The summed E-state index contributed by atoms with van der Waals surface area (Å²) < 4.78 is 6.14. The van der Waals surface area contributed by atoms with Gasteiger partial charge in [-0.3, -0.25) is 9.59 Å². The number of benzene rings is 1. The molecule has 6 heteroatoms. The molecule has 0 atom stereocenters. The van der Waals surface area contributed by atoms with Gasteiger partial charge in [-0.2, -0.15) is 0 Å². The van der Waals surface area contributed by atoms with Gasteiger partial charge >= 0.3 is 5.97 Å². The molecule has 1 rings (SSSR count). The maximum absolute atomic E-state index is 11.4. The second-order valence-electron chi connectivity index (χ2n) is 3.39. The first-order valence-corrected chi connectivity index (χ1v) is 5.62. The maximum atomic E-state index is 11.4. The first-order chi connectivity index (χ1) is 7.99. The maximum Gasteiger partial charge on any atom is 0.323 e. The smallest absolute Gasteiger partial charge is 0.323 e. The van der Waals surface area contributed by atoms with Gasteiger partial charge in [-0.25, -0.2) is 0 Å². The van der Waals surface area contributed by atoms with Gasteiger partial charge in [-0.1, -0.05) is 15.9 Å². The van der Waals surface area contributed by atoms with Crippen LogP contribution in [0.15, 0.2) is 28.7 Å². The molecule has 1 amide bonds. The van der Waals surface area contributed by atoms with Crippen LogP contribution < -0.4 is 4.74 Å². The highest BCUT2D eigenvalue weighted by Gasteiger charge is 2.12. The Morgan fingerprint density at radius 3 is 2.47 bits per heavy atom. The van der Waals surface area contributed by atoms with Crippen LogP contribution in [0.3, 0.4) is 0 Å². The minimum absolute atomic E-state index is 0.175. The van der Waals surface area contributed by atoms with Gasteiger partial charge in [-0.15, -0.1) is 0 Å². The van der Waals surface area contributed by atoms with Crippen molar-refractivity contribution in [2.75, 3.05) is 20.2 Å². The molecule has 0 aromatic heterocycles. The molecule has 92 valence electrons. The number of likely N-dealkylation sites (N-methyl/N-ethyl adjacent to an activating group) is 1. The van der Waals surface area contributed by atoms with Crippen LogP contribution in [0.1, 0.15) is 0 Å². The van der Waals surface area contributed by atoms with Crippen molar-refractivity contribution in [1.82, 2.24) is 4.90 Å². The van der Waals surface area contributed by atoms with Crippen LogP contribution >= 0.6 is 15.9 Å². The number of rotatable bonds is 5. The van der Waals surface area contributed by atoms with Crippen molar-refractivity contribution in [1.29, 1.82) is 0 Å². The molecular formula is C11H12BrNO4. The average Bonchev–Trinajstić information content (AvgIpc) is 2.27. The van der Waals surface area contributed by atoms with E-state index in [4.69, 9.17) is 9.84 Å². The number of ether oxygens (including phenoxy) is 1. The highest BCUT2D eigenvalue weighted by Crippen LogP contribution is 2.15. The third kappa shape index (κ3) is 4.86. The molecule has 0 aliphatic rings. The normalized spacial score (nSPS) is 9.76. The van der Waals surface area contributed by atoms with E-state index in [0.717, 1.165) is 9.37 Å². The van der Waals surface area contributed by atoms with E-state index in [9.17, 15) is 9.59 Å². The van der Waals surface area contributed by atoms with Gasteiger partial charge in [0.05, 0.1) is 0 Å². The van der Waals surface area contributed by atoms with E-state index in [1.54, 1.807) is 24.3 Å². The summed E-state index contributed by atoms with van der Waals surface area (Å²) in [6.07, 6.45) is 0. The Morgan fingerprint density at radius 2 is 1.94 bits per heavy atom. The molecule has 5 nitrogen and oxygen atoms in total. The fourth-order valence-corrected chi connectivity index (χ4v) is 1.34. The third-order valence-electron chi connectivity index (χ3n) is 1.97. The van der Waals surface area contributed by atoms with E-state index < -0.39 is 5.97 Å². The zero-order valence-electron chi connectivity index (χ0n) is 9.22. The molecule has 1 aromatic carbocycles. The number of aliphatic carboxylic acids is 1. The summed E-state index contributed by atoms with van der Waals surface area (Å²) in [6, 6.07) is 7.02. The quantitative estimate of drug-likeness (QED) is 0.892. The number of carboxylic acids is 1. The molecule has 17 heavy (non-hydrogen) atoms. The Kier molecular flexibility index (Phi) is 4.96. The third-order valence-corrected chi connectivity index (χ3v) is 2.50. The number of carbonyl (C=O) groups excluding carboxylic acids is 1. The number of hydrogen-bond donors (Lipinski definition) is 1. The van der Waals surface area contributed by atoms with Crippen LogP contribution in [-0.2, 0) is 9.59 Å². The fraction of sp³-hybridized carbons (Fsp3) is 0.273. The number of carboxylic acid groups (broad SMARTS) is 1. The number of halogens is 1. The van der Waals surface area contributed by atoms with Crippen LogP contribution in [0.2, 0.25) is 0 Å². The summed E-state index contributed by atoms with van der Waals surface area (Å²) in [5.74, 6) is -0.870. The zero-order valence-corrected chi connectivity index (χ0v) is 10.8. The van der Waals surface area contributed by atoms with Crippen LogP contribution in [0.5, 0.6) is 5.75 Å². The molecule has 0 aliphatic carbocycles. The van der Waals surface area contributed by atoms with Crippen molar-refractivity contribution >= 4 is 27.8 Å². The van der Waals surface area contributed by atoms with Crippen LogP contribution in [0.25, 0.3) is 0 Å². The van der Waals surface area contributed by atoms with Gasteiger partial charge in [0.15, 0.2) is 6.61 Å². The molecule has 0 aliphatic heterocycles. The van der Waals surface area contributed by atoms with E-state index in [1.165, 1.54) is 7.05 Å². The van der Waals surface area contributed by atoms with Crippen molar-refractivity contribution in [2.24, 2.45) is 0 Å². The van der Waals surface area contributed by atoms with Gasteiger partial charge in [0, 0.05) is 11.5 Å². The van der Waals surface area contributed by atoms with Crippen LogP contribution in [-0.4, -0.2) is 42.1 Å². The second-order valence-corrected chi connectivity index (χ2v) is 4.30. The Bertz CT molecular complexity index is 404. The average molecular weight is 302 g/mol. The summed E-state index contributed by atoms with van der Waals surface area (Å²) in [5, 5.41) is 8.51. The lowest BCUT2D eigenvalue weighted by molar-refractivity contribution is -0.144. The highest BCUT2D eigenvalue weighted by molar-refractivity contribution is 9.10. The SMILES string of the molecule is CN(CC(=O)O)C(=O)COc1ccc(Br)cc1. The Labute approximate surface area is 107 Å². The van der Waals surface area contributed by atoms with E-state index in [0.29, 0.717) is 5.75 Å². The van der Waals surface area contributed by atoms with Gasteiger partial charge < -0.3 is 14.7 Å². The Hall–Kier alpha value is -1.56. The lowest BCUT2D eigenvalue weighted by Gasteiger charge is -2.14. The number of carbonyl (C=O) groups is 2. The van der Waals surface area contributed by atoms with Gasteiger partial charge in [0.1, 0.15) is 12.3 Å². The largest absolute Gasteiger partial charge is 0.484 e. The summed E-state index contributed by atoms with van der Waals surface area (Å²) in [5.41, 5.74) is 0. The molecular weight excluding hydrogens is 290 g/mol. The molecule has 1 aromatic rings. The van der Waals surface area contributed by atoms with Gasteiger partial charge in [0.2, 0.25) is 0 Å². The molecule has 0 fully saturated rings. The first-order valence-electron chi connectivity index (χ1n) is 4.83. The Morgan fingerprint density at radius 1 is 1.35 bits per heavy atom. The molecule has 0 bridgehead atoms. The topological polar surface area (TPSA) is 66.8 Å². The summed E-state index contributed by atoms with van der Waals surface area (Å²) >= 11 is 3.28. The van der Waals surface area contributed by atoms with E-state index in [2.05, 4.69) is 15.9 Å². The molecule has 0 heterocycles. The monoisotopic (exact) mass is 301 g/mol. The minimum atomic E-state index is -1.05. The predicted octanol–water partition coefficient (Wildman–Crippen LogP) is 1.37. The van der Waals surface area contributed by atoms with Crippen molar-refractivity contribution in [3.63, 3.8) is 0 Å². The molecule has 0 saturated heterocycles. The lowest BCUT2D eigenvalue weighted by Crippen LogP contribution is -2.35. The van der Waals surface area contributed by atoms with E-state index >= 15 is 0 Å². The number of nitrogens with zero attached hydrogens (tertiary/aromatic N) is 1. The standard InChI is InChI=1S/C11H12BrNO4/c1-13(6-11(15)16)10(14)7-17-9-4-2-8(12)3-5-9/h2-5H,6-7H2,1H3,(H,15,16). The van der Waals surface area contributed by atoms with Gasteiger partial charge in [0.25, 0.3) is 5.91 Å². The summed E-state index contributed by atoms with van der Waals surface area (Å²) in [6.45, 7) is -0.506. The molecule has 1 N–H and O–H groups in total. The summed E-state index contributed by atoms with van der Waals surface area (Å²) in [7, 11) is 1.42. The Balaban J connectivity index is 2.42. The molecule has 0 unspecified atom stereocenters. The second kappa shape index (κ2) is 6.24. The van der Waals surface area contributed by atoms with Crippen molar-refractivity contribution in [2.45, 2.75) is 0 Å². The molecule has 0 radical (unpaired) electrons. The molecule has 0 saturated carbocycles. The zero-order chi connectivity index (χ0) is 12.8. The van der Waals surface area contributed by atoms with E-state index in [-0.39, 0.29) is 19.1 Å². The van der Waals surface area contributed by atoms with E-state index in [1.807, 2.05) is 0 Å². The lowest BCUT2D eigenvalue weighted by atomic mass is 10.3. The van der Waals surface area contributed by atoms with Crippen LogP contribution in [0, 0.1) is 0 Å². The fourth-order valence-electron chi connectivity index (χ4n) is 1.08. The number of amides is 1. The van der Waals surface area contributed by atoms with Crippen LogP contribution in [0.4, 0.5) is 0 Å². The summed E-state index contributed by atoms with van der Waals surface area (Å²) in [4.78, 5) is 22.9. The predicted molar refractivity (Wildman–Crippen MR) is 64.9 cm³/mol. The van der Waals surface area contributed by atoms with Crippen molar-refractivity contribution in [3.8, 4) is 5.75 Å². The van der Waals surface area contributed by atoms with Gasteiger partial charge in [-0.05, 0) is 24.3 Å². The van der Waals surface area contributed by atoms with Crippen molar-refractivity contribution < 1.29 is 19.4 Å². The first kappa shape index (κ1) is 13.5. The van der Waals surface area contributed by atoms with Crippen molar-refractivity contribution in [3.05, 3.63) is 28.7 Å². The number of hydrogen-bond acceptors (Lipinski definition) is 3. The highest BCUT2D eigenvalue weighted by atomic mass is 79.9. The molecule has 0 spiro atoms. The minimum Gasteiger partial charge on any atom is -0.484 e.